The fourth-order valence-corrected chi connectivity index (χ4v) is 5.06. The number of ketones is 1. The molecular formula is C25H25N3O3. The van der Waals surface area contributed by atoms with E-state index in [2.05, 4.69) is 5.10 Å². The normalized spacial score (nSPS) is 26.7. The lowest BCUT2D eigenvalue weighted by Gasteiger charge is -2.35. The van der Waals surface area contributed by atoms with Crippen LogP contribution >= 0.6 is 0 Å². The van der Waals surface area contributed by atoms with Gasteiger partial charge >= 0.3 is 0 Å². The third kappa shape index (κ3) is 2.77. The average molecular weight is 415 g/mol. The maximum absolute atomic E-state index is 13.7. The summed E-state index contributed by atoms with van der Waals surface area (Å²) in [4.78, 5) is 42.1. The standard InChI is InChI=1S/C25H25N3O3/c1-14-9-11-16(12-10-14)27-23(30)18-19(24(27)31)21(22(29)25(2,3)4)28-20(18)17-8-6-5-7-15(17)13-26-28/h5-13,18-21H,1-4H3/t18-,19+,20+,21-/m1/s1. The lowest BCUT2D eigenvalue weighted by atomic mass is 9.79. The van der Waals surface area contributed by atoms with Crippen LogP contribution in [0.25, 0.3) is 0 Å². The van der Waals surface area contributed by atoms with Crippen LogP contribution in [0.3, 0.4) is 0 Å². The number of hydrogen-bond donors (Lipinski definition) is 0. The molecule has 0 N–H and O–H groups in total. The number of hydrazone groups is 1. The third-order valence-corrected chi connectivity index (χ3v) is 6.59. The maximum atomic E-state index is 13.7. The first-order valence-electron chi connectivity index (χ1n) is 10.6. The van der Waals surface area contributed by atoms with Gasteiger partial charge in [-0.25, -0.2) is 4.90 Å². The number of aryl methyl sites for hydroxylation is 1. The highest BCUT2D eigenvalue weighted by molar-refractivity contribution is 6.24. The Hall–Kier alpha value is -3.28. The van der Waals surface area contributed by atoms with Crippen LogP contribution in [-0.2, 0) is 14.4 Å². The van der Waals surface area contributed by atoms with Gasteiger partial charge in [-0.15, -0.1) is 0 Å². The van der Waals surface area contributed by atoms with Crippen LogP contribution in [0.2, 0.25) is 0 Å². The second kappa shape index (κ2) is 6.61. The number of anilines is 1. The number of imide groups is 1. The van der Waals surface area contributed by atoms with Gasteiger partial charge in [-0.3, -0.25) is 19.4 Å². The monoisotopic (exact) mass is 415 g/mol. The van der Waals surface area contributed by atoms with Gasteiger partial charge in [0, 0.05) is 5.41 Å². The van der Waals surface area contributed by atoms with Crippen LogP contribution in [0.4, 0.5) is 5.69 Å². The van der Waals surface area contributed by atoms with Crippen LogP contribution in [0.15, 0.2) is 53.6 Å². The van der Waals surface area contributed by atoms with Crippen molar-refractivity contribution in [3.63, 3.8) is 0 Å². The van der Waals surface area contributed by atoms with Crippen LogP contribution in [0, 0.1) is 24.2 Å². The van der Waals surface area contributed by atoms with Crippen molar-refractivity contribution in [2.75, 3.05) is 4.90 Å². The number of Topliss-reactive ketones (excluding diaryl/α,β-unsaturated/α-hetero) is 1. The van der Waals surface area contributed by atoms with E-state index < -0.39 is 29.3 Å². The van der Waals surface area contributed by atoms with Crippen molar-refractivity contribution in [1.29, 1.82) is 0 Å². The van der Waals surface area contributed by atoms with E-state index in [0.717, 1.165) is 16.7 Å². The van der Waals surface area contributed by atoms with Crippen molar-refractivity contribution in [2.24, 2.45) is 22.4 Å². The van der Waals surface area contributed by atoms with E-state index in [4.69, 9.17) is 0 Å². The fourth-order valence-electron chi connectivity index (χ4n) is 5.06. The van der Waals surface area contributed by atoms with E-state index in [1.165, 1.54) is 4.90 Å². The Morgan fingerprint density at radius 2 is 1.58 bits per heavy atom. The molecule has 3 heterocycles. The second-order valence-electron chi connectivity index (χ2n) is 9.66. The number of carbonyl (C=O) groups excluding carboxylic acids is 3. The van der Waals surface area contributed by atoms with Crippen LogP contribution in [-0.4, -0.2) is 34.9 Å². The Balaban J connectivity index is 1.66. The van der Waals surface area contributed by atoms with Gasteiger partial charge in [-0.2, -0.15) is 5.10 Å². The number of benzene rings is 2. The summed E-state index contributed by atoms with van der Waals surface area (Å²) in [6, 6.07) is 13.9. The Morgan fingerprint density at radius 1 is 0.935 bits per heavy atom. The largest absolute Gasteiger partial charge is 0.297 e. The highest BCUT2D eigenvalue weighted by atomic mass is 16.2. The van der Waals surface area contributed by atoms with E-state index in [-0.39, 0.29) is 17.6 Å². The summed E-state index contributed by atoms with van der Waals surface area (Å²) in [5, 5.41) is 6.29. The zero-order chi connectivity index (χ0) is 22.1. The third-order valence-electron chi connectivity index (χ3n) is 6.59. The highest BCUT2D eigenvalue weighted by Gasteiger charge is 2.66. The Morgan fingerprint density at radius 3 is 2.26 bits per heavy atom. The molecule has 2 fully saturated rings. The molecule has 158 valence electrons. The molecule has 0 aromatic heterocycles. The molecule has 0 spiro atoms. The molecule has 5 rings (SSSR count). The minimum Gasteiger partial charge on any atom is -0.297 e. The second-order valence-corrected chi connectivity index (χ2v) is 9.66. The molecule has 0 unspecified atom stereocenters. The number of hydrogen-bond acceptors (Lipinski definition) is 5. The summed E-state index contributed by atoms with van der Waals surface area (Å²) in [6.45, 7) is 7.49. The molecule has 0 radical (unpaired) electrons. The zero-order valence-electron chi connectivity index (χ0n) is 18.1. The predicted molar refractivity (Wildman–Crippen MR) is 118 cm³/mol. The van der Waals surface area contributed by atoms with Gasteiger partial charge in [-0.1, -0.05) is 62.7 Å². The molecule has 0 saturated carbocycles. The molecular weight excluding hydrogens is 390 g/mol. The number of amides is 2. The van der Waals surface area contributed by atoms with Crippen molar-refractivity contribution in [2.45, 2.75) is 39.8 Å². The average Bonchev–Trinajstić information content (AvgIpc) is 3.20. The predicted octanol–water partition coefficient (Wildman–Crippen LogP) is 3.49. The fraction of sp³-hybridized carbons (Fsp3) is 0.360. The molecule has 6 nitrogen and oxygen atoms in total. The van der Waals surface area contributed by atoms with Gasteiger partial charge in [0.25, 0.3) is 0 Å². The van der Waals surface area contributed by atoms with Crippen LogP contribution in [0.5, 0.6) is 0 Å². The summed E-state index contributed by atoms with van der Waals surface area (Å²) in [5.41, 5.74) is 2.78. The van der Waals surface area contributed by atoms with Gasteiger partial charge in [-0.05, 0) is 30.2 Å². The molecule has 2 aromatic rings. The van der Waals surface area contributed by atoms with Gasteiger partial charge in [0.05, 0.1) is 29.8 Å². The Kier molecular flexibility index (Phi) is 4.19. The van der Waals surface area contributed by atoms with E-state index in [1.54, 1.807) is 23.4 Å². The summed E-state index contributed by atoms with van der Waals surface area (Å²) < 4.78 is 0. The summed E-state index contributed by atoms with van der Waals surface area (Å²) >= 11 is 0. The summed E-state index contributed by atoms with van der Waals surface area (Å²) in [5.74, 6) is -2.06. The van der Waals surface area contributed by atoms with Crippen molar-refractivity contribution in [1.82, 2.24) is 5.01 Å². The molecule has 0 aliphatic carbocycles. The number of nitrogens with zero attached hydrogens (tertiary/aromatic N) is 3. The maximum Gasteiger partial charge on any atom is 0.240 e. The van der Waals surface area contributed by atoms with Gasteiger partial charge in [0.1, 0.15) is 6.04 Å². The van der Waals surface area contributed by atoms with Gasteiger partial charge in [0.15, 0.2) is 5.78 Å². The molecule has 0 bridgehead atoms. The Labute approximate surface area is 181 Å². The van der Waals surface area contributed by atoms with E-state index in [9.17, 15) is 14.4 Å². The van der Waals surface area contributed by atoms with E-state index >= 15 is 0 Å². The van der Waals surface area contributed by atoms with Gasteiger partial charge in [0.2, 0.25) is 11.8 Å². The first kappa shape index (κ1) is 19.7. The molecule has 3 aliphatic heterocycles. The Bertz CT molecular complexity index is 1130. The minimum absolute atomic E-state index is 0.0755. The summed E-state index contributed by atoms with van der Waals surface area (Å²) in [7, 11) is 0. The molecule has 2 amide bonds. The summed E-state index contributed by atoms with van der Waals surface area (Å²) in [6.07, 6.45) is 1.72. The quantitative estimate of drug-likeness (QED) is 0.704. The number of carbonyl (C=O) groups is 3. The number of fused-ring (bicyclic) bond motifs is 5. The molecule has 2 saturated heterocycles. The smallest absolute Gasteiger partial charge is 0.240 e. The number of rotatable bonds is 2. The minimum atomic E-state index is -0.772. The molecule has 31 heavy (non-hydrogen) atoms. The van der Waals surface area contributed by atoms with Crippen molar-refractivity contribution < 1.29 is 14.4 Å². The van der Waals surface area contributed by atoms with Crippen molar-refractivity contribution in [3.8, 4) is 0 Å². The zero-order valence-corrected chi connectivity index (χ0v) is 18.1. The van der Waals surface area contributed by atoms with Crippen molar-refractivity contribution >= 4 is 29.5 Å². The SMILES string of the molecule is Cc1ccc(N2C(=O)[C@@H]3[C@H](C2=O)[C@H](C(=O)C(C)(C)C)N2N=Cc4ccccc4[C@@H]32)cc1. The molecule has 3 aliphatic rings. The van der Waals surface area contributed by atoms with Gasteiger partial charge < -0.3 is 0 Å². The topological polar surface area (TPSA) is 70.1 Å². The van der Waals surface area contributed by atoms with Crippen LogP contribution < -0.4 is 4.90 Å². The van der Waals surface area contributed by atoms with E-state index in [1.807, 2.05) is 64.1 Å². The lowest BCUT2D eigenvalue weighted by molar-refractivity contribution is -0.136. The first-order chi connectivity index (χ1) is 14.7. The first-order valence-corrected chi connectivity index (χ1v) is 10.6. The molecule has 6 heteroatoms. The molecule has 2 aromatic carbocycles. The lowest BCUT2D eigenvalue weighted by Crippen LogP contribution is -2.48. The highest BCUT2D eigenvalue weighted by Crippen LogP contribution is 2.53. The van der Waals surface area contributed by atoms with Crippen LogP contribution in [0.1, 0.15) is 43.5 Å². The van der Waals surface area contributed by atoms with Crippen molar-refractivity contribution in [3.05, 3.63) is 65.2 Å². The van der Waals surface area contributed by atoms with E-state index in [0.29, 0.717) is 5.69 Å². The molecule has 4 atom stereocenters.